The lowest BCUT2D eigenvalue weighted by atomic mass is 10.0. The van der Waals surface area contributed by atoms with E-state index in [1.54, 1.807) is 0 Å². The predicted octanol–water partition coefficient (Wildman–Crippen LogP) is 9.93. The lowest BCUT2D eigenvalue weighted by Gasteiger charge is -2.12. The average molecular weight is 434 g/mol. The minimum Gasteiger partial charge on any atom is -0.385 e. The third kappa shape index (κ3) is 8.30. The van der Waals surface area contributed by atoms with Crippen molar-refractivity contribution in [3.8, 4) is 11.1 Å². The molecule has 0 heterocycles. The van der Waals surface area contributed by atoms with E-state index >= 15 is 0 Å². The van der Waals surface area contributed by atoms with Gasteiger partial charge in [0.05, 0.1) is 0 Å². The minimum atomic E-state index is 1.08. The Morgan fingerprint density at radius 2 is 1.09 bits per heavy atom. The van der Waals surface area contributed by atoms with Crippen molar-refractivity contribution in [3.05, 3.63) is 53.6 Å². The van der Waals surface area contributed by atoms with Crippen molar-refractivity contribution in [3.63, 3.8) is 0 Å². The van der Waals surface area contributed by atoms with E-state index in [1.807, 2.05) is 0 Å². The molecule has 0 spiro atoms. The van der Waals surface area contributed by atoms with Crippen molar-refractivity contribution in [1.82, 2.24) is 0 Å². The van der Waals surface area contributed by atoms with Gasteiger partial charge in [-0.2, -0.15) is 0 Å². The lowest BCUT2D eigenvalue weighted by Crippen LogP contribution is -2.03. The fraction of sp³-hybridized carbons (Fsp3) is 0.613. The van der Waals surface area contributed by atoms with Gasteiger partial charge in [0.2, 0.25) is 0 Å². The van der Waals surface area contributed by atoms with Crippen LogP contribution in [0.15, 0.2) is 42.5 Å². The Labute approximate surface area is 198 Å². The minimum absolute atomic E-state index is 1.08. The highest BCUT2D eigenvalue weighted by atomic mass is 14.9. The summed E-state index contributed by atoms with van der Waals surface area (Å²) in [4.78, 5) is 0. The fourth-order valence-electron chi connectivity index (χ4n) is 5.23. The molecule has 32 heavy (non-hydrogen) atoms. The second-order valence-electron chi connectivity index (χ2n) is 9.90. The molecular weight excluding hydrogens is 386 g/mol. The zero-order chi connectivity index (χ0) is 22.3. The molecule has 0 unspecified atom stereocenters. The summed E-state index contributed by atoms with van der Waals surface area (Å²) in [5, 5.41) is 3.74. The second kappa shape index (κ2) is 15.1. The number of rotatable bonds is 18. The van der Waals surface area contributed by atoms with Crippen LogP contribution in [0.5, 0.6) is 0 Å². The van der Waals surface area contributed by atoms with Gasteiger partial charge >= 0.3 is 0 Å². The van der Waals surface area contributed by atoms with Gasteiger partial charge in [0, 0.05) is 17.8 Å². The summed E-state index contributed by atoms with van der Waals surface area (Å²) in [6.07, 6.45) is 23.9. The monoisotopic (exact) mass is 433 g/mol. The van der Waals surface area contributed by atoms with Crippen molar-refractivity contribution in [2.75, 3.05) is 11.9 Å². The summed E-state index contributed by atoms with van der Waals surface area (Å²) in [7, 11) is 0. The lowest BCUT2D eigenvalue weighted by molar-refractivity contribution is 0.530. The Bertz CT molecular complexity index is 763. The molecule has 2 aromatic rings. The SMILES string of the molecule is CCCCCCCCCCCCCCCCCCNc1cccc2c1-c1ccccc1C2. The highest BCUT2D eigenvalue weighted by Gasteiger charge is 2.20. The number of unbranched alkanes of at least 4 members (excludes halogenated alkanes) is 15. The normalized spacial score (nSPS) is 12.0. The van der Waals surface area contributed by atoms with Crippen LogP contribution >= 0.6 is 0 Å². The van der Waals surface area contributed by atoms with E-state index in [4.69, 9.17) is 0 Å². The second-order valence-corrected chi connectivity index (χ2v) is 9.90. The Kier molecular flexibility index (Phi) is 11.8. The summed E-state index contributed by atoms with van der Waals surface area (Å²) >= 11 is 0. The Morgan fingerprint density at radius 1 is 0.562 bits per heavy atom. The van der Waals surface area contributed by atoms with E-state index in [1.165, 1.54) is 131 Å². The van der Waals surface area contributed by atoms with Crippen molar-refractivity contribution in [1.29, 1.82) is 0 Å². The number of hydrogen-bond donors (Lipinski definition) is 1. The summed E-state index contributed by atoms with van der Waals surface area (Å²) in [6, 6.07) is 15.6. The van der Waals surface area contributed by atoms with Crippen LogP contribution in [0.2, 0.25) is 0 Å². The van der Waals surface area contributed by atoms with Gasteiger partial charge < -0.3 is 5.32 Å². The molecule has 0 bridgehead atoms. The number of hydrogen-bond acceptors (Lipinski definition) is 1. The van der Waals surface area contributed by atoms with Gasteiger partial charge in [0.25, 0.3) is 0 Å². The molecule has 2 aromatic carbocycles. The summed E-state index contributed by atoms with van der Waals surface area (Å²) in [6.45, 7) is 3.39. The van der Waals surface area contributed by atoms with Crippen molar-refractivity contribution in [2.24, 2.45) is 0 Å². The first-order valence-corrected chi connectivity index (χ1v) is 13.8. The van der Waals surface area contributed by atoms with Gasteiger partial charge in [-0.15, -0.1) is 0 Å². The molecule has 1 N–H and O–H groups in total. The maximum atomic E-state index is 3.74. The molecule has 0 saturated carbocycles. The van der Waals surface area contributed by atoms with Crippen LogP contribution in [0.4, 0.5) is 5.69 Å². The third-order valence-electron chi connectivity index (χ3n) is 7.16. The van der Waals surface area contributed by atoms with Gasteiger partial charge in [-0.25, -0.2) is 0 Å². The summed E-state index contributed by atoms with van der Waals surface area (Å²) in [5.74, 6) is 0. The maximum Gasteiger partial charge on any atom is 0.0422 e. The van der Waals surface area contributed by atoms with Crippen LogP contribution in [0.3, 0.4) is 0 Å². The molecule has 0 amide bonds. The number of nitrogens with one attached hydrogen (secondary N) is 1. The smallest absolute Gasteiger partial charge is 0.0422 e. The molecule has 176 valence electrons. The van der Waals surface area contributed by atoms with Gasteiger partial charge in [-0.3, -0.25) is 0 Å². The van der Waals surface area contributed by atoms with Crippen molar-refractivity contribution in [2.45, 2.75) is 116 Å². The van der Waals surface area contributed by atoms with E-state index in [9.17, 15) is 0 Å². The number of fused-ring (bicyclic) bond motifs is 3. The van der Waals surface area contributed by atoms with Gasteiger partial charge in [-0.05, 0) is 35.6 Å². The van der Waals surface area contributed by atoms with Crippen LogP contribution in [0.1, 0.15) is 121 Å². The molecule has 0 aliphatic heterocycles. The fourth-order valence-corrected chi connectivity index (χ4v) is 5.23. The van der Waals surface area contributed by atoms with Crippen LogP contribution in [0.25, 0.3) is 11.1 Å². The average Bonchev–Trinajstić information content (AvgIpc) is 3.20. The summed E-state index contributed by atoms with van der Waals surface area (Å²) < 4.78 is 0. The van der Waals surface area contributed by atoms with E-state index in [-0.39, 0.29) is 0 Å². The molecule has 1 aliphatic carbocycles. The Hall–Kier alpha value is -1.76. The molecule has 0 aromatic heterocycles. The molecule has 3 rings (SSSR count). The molecule has 1 heteroatoms. The van der Waals surface area contributed by atoms with E-state index in [2.05, 4.69) is 54.7 Å². The number of anilines is 1. The van der Waals surface area contributed by atoms with E-state index in [0.29, 0.717) is 0 Å². The Morgan fingerprint density at radius 3 is 1.72 bits per heavy atom. The zero-order valence-electron chi connectivity index (χ0n) is 20.8. The maximum absolute atomic E-state index is 3.74. The first kappa shape index (κ1) is 24.9. The van der Waals surface area contributed by atoms with Gasteiger partial charge in [-0.1, -0.05) is 140 Å². The van der Waals surface area contributed by atoms with Crippen LogP contribution < -0.4 is 5.32 Å². The van der Waals surface area contributed by atoms with Crippen LogP contribution in [-0.4, -0.2) is 6.54 Å². The summed E-state index contributed by atoms with van der Waals surface area (Å²) in [5.41, 5.74) is 7.15. The molecule has 1 nitrogen and oxygen atoms in total. The topological polar surface area (TPSA) is 12.0 Å². The molecule has 0 fully saturated rings. The number of benzene rings is 2. The predicted molar refractivity (Wildman–Crippen MR) is 143 cm³/mol. The third-order valence-corrected chi connectivity index (χ3v) is 7.16. The Balaban J connectivity index is 1.15. The van der Waals surface area contributed by atoms with E-state index < -0.39 is 0 Å². The standard InChI is InChI=1S/C31H47N/c1-2-3-4-5-6-7-8-9-10-11-12-13-14-15-16-19-25-32-30-24-20-22-28-26-27-21-17-18-23-29(27)31(28)30/h17-18,20-24,32H,2-16,19,25-26H2,1H3. The quantitative estimate of drug-likeness (QED) is 0.197. The molecule has 0 saturated heterocycles. The molecule has 1 aliphatic rings. The van der Waals surface area contributed by atoms with Crippen molar-refractivity contribution < 1.29 is 0 Å². The highest BCUT2D eigenvalue weighted by molar-refractivity contribution is 5.86. The van der Waals surface area contributed by atoms with E-state index in [0.717, 1.165) is 13.0 Å². The first-order chi connectivity index (χ1) is 15.9. The van der Waals surface area contributed by atoms with Gasteiger partial charge in [0.15, 0.2) is 0 Å². The molecule has 0 radical (unpaired) electrons. The molecular formula is C31H47N. The molecule has 0 atom stereocenters. The van der Waals surface area contributed by atoms with Crippen LogP contribution in [0, 0.1) is 0 Å². The first-order valence-electron chi connectivity index (χ1n) is 13.8. The van der Waals surface area contributed by atoms with Gasteiger partial charge in [0.1, 0.15) is 0 Å². The van der Waals surface area contributed by atoms with Crippen LogP contribution in [-0.2, 0) is 6.42 Å². The highest BCUT2D eigenvalue weighted by Crippen LogP contribution is 2.41. The zero-order valence-corrected chi connectivity index (χ0v) is 20.8. The largest absolute Gasteiger partial charge is 0.385 e. The van der Waals surface area contributed by atoms with Crippen molar-refractivity contribution >= 4 is 5.69 Å².